The number of hydrogen-bond acceptors (Lipinski definition) is 5. The molecule has 0 unspecified atom stereocenters. The van der Waals surface area contributed by atoms with Gasteiger partial charge in [0.25, 0.3) is 15.9 Å². The second-order valence-corrected chi connectivity index (χ2v) is 7.87. The molecular formula is C16H21F3N2O4S. The van der Waals surface area contributed by atoms with Crippen LogP contribution in [0.1, 0.15) is 51.0 Å². The van der Waals surface area contributed by atoms with Crippen molar-refractivity contribution >= 4 is 15.9 Å². The molecule has 0 bridgehead atoms. The van der Waals surface area contributed by atoms with Crippen LogP contribution < -0.4 is 4.72 Å². The number of hydrogen-bond donors (Lipinski definition) is 1. The van der Waals surface area contributed by atoms with Gasteiger partial charge in [-0.3, -0.25) is 4.79 Å². The summed E-state index contributed by atoms with van der Waals surface area (Å²) in [6.07, 6.45) is 0.495. The molecule has 0 spiro atoms. The molecule has 1 N–H and O–H groups in total. The molecule has 1 saturated carbocycles. The lowest BCUT2D eigenvalue weighted by Crippen LogP contribution is -2.40. The number of aromatic nitrogens is 1. The fourth-order valence-corrected chi connectivity index (χ4v) is 3.68. The van der Waals surface area contributed by atoms with Gasteiger partial charge in [0, 0.05) is 6.20 Å². The molecule has 0 saturated heterocycles. The van der Waals surface area contributed by atoms with Crippen LogP contribution in [0, 0.1) is 0 Å². The van der Waals surface area contributed by atoms with Crippen LogP contribution in [-0.2, 0) is 25.7 Å². The molecule has 1 aliphatic rings. The number of nitrogens with one attached hydrogen (secondary N) is 1. The molecule has 1 aliphatic carbocycles. The Bertz CT molecular complexity index is 712. The van der Waals surface area contributed by atoms with Gasteiger partial charge in [-0.2, -0.15) is 21.6 Å². The fourth-order valence-electron chi connectivity index (χ4n) is 2.70. The average Bonchev–Trinajstić information content (AvgIpc) is 2.82. The van der Waals surface area contributed by atoms with Gasteiger partial charge in [-0.15, -0.1) is 0 Å². The average molecular weight is 394 g/mol. The Kier molecular flexibility index (Phi) is 6.62. The van der Waals surface area contributed by atoms with Gasteiger partial charge in [0.1, 0.15) is 6.10 Å². The van der Waals surface area contributed by atoms with Gasteiger partial charge in [-0.25, -0.2) is 9.71 Å². The molecule has 2 rings (SSSR count). The van der Waals surface area contributed by atoms with E-state index in [0.29, 0.717) is 18.3 Å². The molecule has 1 atom stereocenters. The van der Waals surface area contributed by atoms with Gasteiger partial charge >= 0.3 is 6.18 Å². The van der Waals surface area contributed by atoms with Gasteiger partial charge in [0.2, 0.25) is 0 Å². The van der Waals surface area contributed by atoms with E-state index in [1.807, 2.05) is 0 Å². The van der Waals surface area contributed by atoms with Crippen molar-refractivity contribution < 1.29 is 31.1 Å². The van der Waals surface area contributed by atoms with Crippen LogP contribution in [0.25, 0.3) is 0 Å². The number of ether oxygens (including phenoxy) is 1. The standard InChI is InChI=1S/C16H21F3N2O4S/c1-11(25-13-6-4-2-3-5-7-13)15(22)21-26(23,24)14-9-8-12(10-20-14)16(17,18)19/h8-11,13H,2-7H2,1H3,(H,21,22)/t11-/m0/s1. The number of alkyl halides is 3. The second-order valence-electron chi connectivity index (χ2n) is 6.24. The van der Waals surface area contributed by atoms with Crippen molar-refractivity contribution in [3.05, 3.63) is 23.9 Å². The minimum absolute atomic E-state index is 0.106. The molecule has 26 heavy (non-hydrogen) atoms. The van der Waals surface area contributed by atoms with Crippen molar-refractivity contribution in [3.8, 4) is 0 Å². The zero-order valence-electron chi connectivity index (χ0n) is 14.3. The van der Waals surface area contributed by atoms with Crippen molar-refractivity contribution in [1.29, 1.82) is 0 Å². The highest BCUT2D eigenvalue weighted by molar-refractivity contribution is 7.90. The van der Waals surface area contributed by atoms with Crippen LogP contribution in [0.5, 0.6) is 0 Å². The van der Waals surface area contributed by atoms with Gasteiger partial charge in [-0.1, -0.05) is 25.7 Å². The molecule has 0 aliphatic heterocycles. The summed E-state index contributed by atoms with van der Waals surface area (Å²) in [4.78, 5) is 15.4. The summed E-state index contributed by atoms with van der Waals surface area (Å²) in [7, 11) is -4.37. The number of pyridine rings is 1. The first kappa shape index (κ1) is 20.6. The van der Waals surface area contributed by atoms with Crippen LogP contribution in [0.4, 0.5) is 13.2 Å². The first-order valence-corrected chi connectivity index (χ1v) is 9.83. The maximum absolute atomic E-state index is 12.5. The molecular weight excluding hydrogens is 373 g/mol. The van der Waals surface area contributed by atoms with Crippen molar-refractivity contribution in [2.24, 2.45) is 0 Å². The van der Waals surface area contributed by atoms with E-state index >= 15 is 0 Å². The Labute approximate surface area is 150 Å². The number of amides is 1. The minimum Gasteiger partial charge on any atom is -0.365 e. The maximum atomic E-state index is 12.5. The highest BCUT2D eigenvalue weighted by atomic mass is 32.2. The summed E-state index contributed by atoms with van der Waals surface area (Å²) in [6.45, 7) is 1.44. The highest BCUT2D eigenvalue weighted by Crippen LogP contribution is 2.28. The SMILES string of the molecule is C[C@H](OC1CCCCCC1)C(=O)NS(=O)(=O)c1ccc(C(F)(F)F)cn1. The van der Waals surface area contributed by atoms with Crippen LogP contribution in [0.15, 0.2) is 23.4 Å². The quantitative estimate of drug-likeness (QED) is 0.776. The van der Waals surface area contributed by atoms with E-state index in [1.165, 1.54) is 6.92 Å². The molecule has 1 amide bonds. The van der Waals surface area contributed by atoms with Gasteiger partial charge in [0.05, 0.1) is 11.7 Å². The van der Waals surface area contributed by atoms with Crippen molar-refractivity contribution in [1.82, 2.24) is 9.71 Å². The Morgan fingerprint density at radius 3 is 2.35 bits per heavy atom. The molecule has 0 radical (unpaired) electrons. The van der Waals surface area contributed by atoms with Crippen LogP contribution >= 0.6 is 0 Å². The van der Waals surface area contributed by atoms with E-state index in [4.69, 9.17) is 4.74 Å². The van der Waals surface area contributed by atoms with E-state index in [9.17, 15) is 26.4 Å². The lowest BCUT2D eigenvalue weighted by molar-refractivity contribution is -0.138. The molecule has 10 heteroatoms. The first-order valence-electron chi connectivity index (χ1n) is 8.35. The summed E-state index contributed by atoms with van der Waals surface area (Å²) >= 11 is 0. The van der Waals surface area contributed by atoms with E-state index in [0.717, 1.165) is 38.5 Å². The van der Waals surface area contributed by atoms with Crippen molar-refractivity contribution in [2.75, 3.05) is 0 Å². The third-order valence-corrected chi connectivity index (χ3v) is 5.40. The number of sulfonamides is 1. The summed E-state index contributed by atoms with van der Waals surface area (Å²) in [5, 5.41) is -0.666. The van der Waals surface area contributed by atoms with Crippen LogP contribution in [0.2, 0.25) is 0 Å². The molecule has 1 aromatic heterocycles. The van der Waals surface area contributed by atoms with Gasteiger partial charge in [-0.05, 0) is 31.9 Å². The van der Waals surface area contributed by atoms with E-state index in [1.54, 1.807) is 4.72 Å². The normalized spacial score (nSPS) is 18.2. The van der Waals surface area contributed by atoms with Crippen LogP contribution in [0.3, 0.4) is 0 Å². The van der Waals surface area contributed by atoms with E-state index < -0.39 is 38.8 Å². The summed E-state index contributed by atoms with van der Waals surface area (Å²) in [6, 6.07) is 1.30. The third-order valence-electron chi connectivity index (χ3n) is 4.14. The van der Waals surface area contributed by atoms with Crippen molar-refractivity contribution in [3.63, 3.8) is 0 Å². The number of halogens is 3. The van der Waals surface area contributed by atoms with Crippen molar-refractivity contribution in [2.45, 2.75) is 68.9 Å². The highest BCUT2D eigenvalue weighted by Gasteiger charge is 2.32. The number of carbonyl (C=O) groups is 1. The van der Waals surface area contributed by atoms with Gasteiger partial charge < -0.3 is 4.74 Å². The van der Waals surface area contributed by atoms with E-state index in [-0.39, 0.29) is 6.10 Å². The second kappa shape index (κ2) is 8.34. The minimum atomic E-state index is -4.63. The lowest BCUT2D eigenvalue weighted by Gasteiger charge is -2.20. The number of rotatable bonds is 5. The smallest absolute Gasteiger partial charge is 0.365 e. The maximum Gasteiger partial charge on any atom is 0.417 e. The molecule has 146 valence electrons. The largest absolute Gasteiger partial charge is 0.417 e. The Hall–Kier alpha value is -1.68. The topological polar surface area (TPSA) is 85.4 Å². The molecule has 0 aromatic carbocycles. The lowest BCUT2D eigenvalue weighted by atomic mass is 10.1. The number of carbonyl (C=O) groups excluding carboxylic acids is 1. The predicted octanol–water partition coefficient (Wildman–Crippen LogP) is 3.03. The summed E-state index contributed by atoms with van der Waals surface area (Å²) < 4.78 is 69.2. The fraction of sp³-hybridized carbons (Fsp3) is 0.625. The zero-order chi connectivity index (χ0) is 19.4. The Morgan fingerprint density at radius 1 is 1.23 bits per heavy atom. The molecule has 1 heterocycles. The van der Waals surface area contributed by atoms with Gasteiger partial charge in [0.15, 0.2) is 5.03 Å². The Balaban J connectivity index is 1.99. The molecule has 6 nitrogen and oxygen atoms in total. The monoisotopic (exact) mass is 394 g/mol. The third kappa shape index (κ3) is 5.66. The molecule has 1 aromatic rings. The zero-order valence-corrected chi connectivity index (χ0v) is 15.1. The summed E-state index contributed by atoms with van der Waals surface area (Å²) in [5.41, 5.74) is -1.08. The summed E-state index contributed by atoms with van der Waals surface area (Å²) in [5.74, 6) is -0.879. The Morgan fingerprint density at radius 2 is 1.85 bits per heavy atom. The predicted molar refractivity (Wildman–Crippen MR) is 86.6 cm³/mol. The number of nitrogens with zero attached hydrogens (tertiary/aromatic N) is 1. The van der Waals surface area contributed by atoms with Crippen LogP contribution in [-0.4, -0.2) is 31.5 Å². The van der Waals surface area contributed by atoms with E-state index in [2.05, 4.69) is 4.98 Å². The first-order chi connectivity index (χ1) is 12.1. The molecule has 1 fully saturated rings.